The fourth-order valence-corrected chi connectivity index (χ4v) is 4.69. The van der Waals surface area contributed by atoms with Crippen molar-refractivity contribution in [1.82, 2.24) is 4.57 Å². The van der Waals surface area contributed by atoms with Gasteiger partial charge < -0.3 is 9.47 Å². The number of alkyl halides is 2. The average molecular weight is 470 g/mol. The van der Waals surface area contributed by atoms with Crippen LogP contribution in [-0.2, 0) is 9.53 Å². The lowest BCUT2D eigenvalue weighted by Crippen LogP contribution is -2.39. The number of thiazole rings is 1. The number of halogens is 2. The van der Waals surface area contributed by atoms with Crippen LogP contribution in [0.15, 0.2) is 75.7 Å². The molecule has 1 aromatic heterocycles. The van der Waals surface area contributed by atoms with E-state index in [1.165, 1.54) is 28.0 Å². The van der Waals surface area contributed by atoms with Crippen molar-refractivity contribution in [2.45, 2.75) is 26.5 Å². The molecule has 0 amide bonds. The lowest BCUT2D eigenvalue weighted by atomic mass is 9.96. The molecule has 0 N–H and O–H groups in total. The van der Waals surface area contributed by atoms with Crippen LogP contribution in [0.2, 0.25) is 0 Å². The lowest BCUT2D eigenvalue weighted by molar-refractivity contribution is -0.139. The molecule has 1 unspecified atom stereocenters. The van der Waals surface area contributed by atoms with Gasteiger partial charge in [0.25, 0.3) is 5.56 Å². The average Bonchev–Trinajstić information content (AvgIpc) is 3.09. The van der Waals surface area contributed by atoms with E-state index < -0.39 is 18.6 Å². The van der Waals surface area contributed by atoms with E-state index in [2.05, 4.69) is 9.73 Å². The molecule has 0 saturated carbocycles. The van der Waals surface area contributed by atoms with Crippen molar-refractivity contribution in [3.8, 4) is 5.75 Å². The van der Waals surface area contributed by atoms with Crippen LogP contribution in [0.3, 0.4) is 0 Å². The number of nitrogens with zero attached hydrogens (tertiary/aromatic N) is 2. The van der Waals surface area contributed by atoms with Crippen LogP contribution in [0.4, 0.5) is 8.78 Å². The van der Waals surface area contributed by atoms with Gasteiger partial charge in [0.15, 0.2) is 4.80 Å². The Morgan fingerprint density at radius 3 is 2.52 bits per heavy atom. The molecule has 1 aliphatic rings. The van der Waals surface area contributed by atoms with E-state index in [-0.39, 0.29) is 17.9 Å². The summed E-state index contributed by atoms with van der Waals surface area (Å²) in [4.78, 5) is 31.2. The summed E-state index contributed by atoms with van der Waals surface area (Å²) in [5.41, 5.74) is 1.89. The van der Waals surface area contributed by atoms with Gasteiger partial charge in [0, 0.05) is 0 Å². The van der Waals surface area contributed by atoms with Gasteiger partial charge in [0.1, 0.15) is 5.75 Å². The van der Waals surface area contributed by atoms with Gasteiger partial charge in [-0.05, 0) is 43.2 Å². The van der Waals surface area contributed by atoms with E-state index in [1.807, 2.05) is 30.3 Å². The minimum atomic E-state index is -2.91. The van der Waals surface area contributed by atoms with Crippen LogP contribution in [0, 0.1) is 0 Å². The van der Waals surface area contributed by atoms with Gasteiger partial charge >= 0.3 is 12.6 Å². The highest BCUT2D eigenvalue weighted by Crippen LogP contribution is 2.30. The van der Waals surface area contributed by atoms with E-state index in [0.29, 0.717) is 26.2 Å². The van der Waals surface area contributed by atoms with Crippen LogP contribution >= 0.6 is 11.3 Å². The Morgan fingerprint density at radius 1 is 1.18 bits per heavy atom. The van der Waals surface area contributed by atoms with Gasteiger partial charge in [-0.15, -0.1) is 0 Å². The Bertz CT molecular complexity index is 1380. The summed E-state index contributed by atoms with van der Waals surface area (Å²) in [6.07, 6.45) is 1.65. The standard InChI is InChI=1S/C24H20F2N2O4S/c1-3-31-22(30)19-14(2)27-24-28(20(19)16-7-5-4-6-8-16)21(29)18(33-24)13-15-9-11-17(12-10-15)32-23(25)26/h4-13,20,23H,3H2,1-2H3. The number of fused-ring (bicyclic) bond motifs is 1. The molecular weight excluding hydrogens is 450 g/mol. The maximum Gasteiger partial charge on any atom is 0.387 e. The Balaban J connectivity index is 1.84. The Kier molecular flexibility index (Phi) is 6.50. The predicted octanol–water partition coefficient (Wildman–Crippen LogP) is 3.40. The van der Waals surface area contributed by atoms with Gasteiger partial charge in [-0.3, -0.25) is 9.36 Å². The number of esters is 1. The summed E-state index contributed by atoms with van der Waals surface area (Å²) in [5, 5.41) is 0. The number of ether oxygens (including phenoxy) is 2. The number of carbonyl (C=O) groups excluding carboxylic acids is 1. The van der Waals surface area contributed by atoms with E-state index in [4.69, 9.17) is 4.74 Å². The number of rotatable bonds is 6. The summed E-state index contributed by atoms with van der Waals surface area (Å²) in [7, 11) is 0. The first-order chi connectivity index (χ1) is 15.9. The second-order valence-electron chi connectivity index (χ2n) is 7.16. The molecule has 0 radical (unpaired) electrons. The second kappa shape index (κ2) is 9.50. The zero-order chi connectivity index (χ0) is 23.5. The second-order valence-corrected chi connectivity index (χ2v) is 8.17. The number of aromatic nitrogens is 1. The van der Waals surface area contributed by atoms with E-state index in [0.717, 1.165) is 5.56 Å². The molecule has 0 fully saturated rings. The maximum atomic E-state index is 13.4. The quantitative estimate of drug-likeness (QED) is 0.518. The maximum absolute atomic E-state index is 13.4. The molecule has 2 heterocycles. The third kappa shape index (κ3) is 4.63. The number of hydrogen-bond acceptors (Lipinski definition) is 6. The summed E-state index contributed by atoms with van der Waals surface area (Å²) in [6.45, 7) is 0.737. The molecular formula is C24H20F2N2O4S. The van der Waals surface area contributed by atoms with Gasteiger partial charge in [-0.25, -0.2) is 9.79 Å². The van der Waals surface area contributed by atoms with Gasteiger partial charge in [0.2, 0.25) is 0 Å². The van der Waals surface area contributed by atoms with Crippen molar-refractivity contribution in [2.75, 3.05) is 6.61 Å². The molecule has 3 aromatic rings. The van der Waals surface area contributed by atoms with Gasteiger partial charge in [0.05, 0.1) is 28.5 Å². The first-order valence-electron chi connectivity index (χ1n) is 10.2. The first kappa shape index (κ1) is 22.6. The molecule has 170 valence electrons. The van der Waals surface area contributed by atoms with Gasteiger partial charge in [-0.2, -0.15) is 8.78 Å². The summed E-state index contributed by atoms with van der Waals surface area (Å²) < 4.78 is 36.3. The lowest BCUT2D eigenvalue weighted by Gasteiger charge is -2.24. The zero-order valence-electron chi connectivity index (χ0n) is 17.8. The van der Waals surface area contributed by atoms with Crippen molar-refractivity contribution in [2.24, 2.45) is 4.99 Å². The van der Waals surface area contributed by atoms with Crippen LogP contribution in [0.1, 0.15) is 31.0 Å². The zero-order valence-corrected chi connectivity index (χ0v) is 18.6. The summed E-state index contributed by atoms with van der Waals surface area (Å²) in [6, 6.07) is 14.5. The molecule has 0 saturated heterocycles. The van der Waals surface area contributed by atoms with Crippen molar-refractivity contribution in [1.29, 1.82) is 0 Å². The Labute approximate surface area is 191 Å². The highest BCUT2D eigenvalue weighted by molar-refractivity contribution is 7.07. The SMILES string of the molecule is CCOC(=O)C1=C(C)N=c2sc(=Cc3ccc(OC(F)F)cc3)c(=O)n2C1c1ccccc1. The molecule has 0 bridgehead atoms. The fourth-order valence-electron chi connectivity index (χ4n) is 3.64. The van der Waals surface area contributed by atoms with Crippen LogP contribution in [0.25, 0.3) is 6.08 Å². The number of carbonyl (C=O) groups is 1. The largest absolute Gasteiger partial charge is 0.463 e. The summed E-state index contributed by atoms with van der Waals surface area (Å²) >= 11 is 1.19. The molecule has 1 aliphatic heterocycles. The molecule has 1 atom stereocenters. The topological polar surface area (TPSA) is 69.9 Å². The van der Waals surface area contributed by atoms with Crippen molar-refractivity contribution in [3.63, 3.8) is 0 Å². The van der Waals surface area contributed by atoms with E-state index in [9.17, 15) is 18.4 Å². The molecule has 0 aliphatic carbocycles. The normalized spacial score (nSPS) is 15.9. The van der Waals surface area contributed by atoms with Crippen LogP contribution in [-0.4, -0.2) is 23.8 Å². The Hall–Kier alpha value is -3.59. The highest BCUT2D eigenvalue weighted by Gasteiger charge is 2.33. The van der Waals surface area contributed by atoms with E-state index >= 15 is 0 Å². The highest BCUT2D eigenvalue weighted by atomic mass is 32.1. The molecule has 6 nitrogen and oxygen atoms in total. The molecule has 9 heteroatoms. The predicted molar refractivity (Wildman–Crippen MR) is 120 cm³/mol. The van der Waals surface area contributed by atoms with E-state index in [1.54, 1.807) is 32.1 Å². The summed E-state index contributed by atoms with van der Waals surface area (Å²) in [5.74, 6) is -0.487. The van der Waals surface area contributed by atoms with Crippen LogP contribution < -0.4 is 19.6 Å². The van der Waals surface area contributed by atoms with Gasteiger partial charge in [-0.1, -0.05) is 53.8 Å². The number of hydrogen-bond donors (Lipinski definition) is 0. The molecule has 33 heavy (non-hydrogen) atoms. The first-order valence-corrected chi connectivity index (χ1v) is 11.0. The van der Waals surface area contributed by atoms with Crippen molar-refractivity contribution in [3.05, 3.63) is 96.7 Å². The number of allylic oxidation sites excluding steroid dienone is 1. The molecule has 0 spiro atoms. The number of benzene rings is 2. The van der Waals surface area contributed by atoms with Crippen molar-refractivity contribution < 1.29 is 23.0 Å². The monoisotopic (exact) mass is 470 g/mol. The minimum absolute atomic E-state index is 0.0300. The van der Waals surface area contributed by atoms with Crippen molar-refractivity contribution >= 4 is 23.4 Å². The third-order valence-corrected chi connectivity index (χ3v) is 6.02. The molecule has 2 aromatic carbocycles. The minimum Gasteiger partial charge on any atom is -0.463 e. The van der Waals surface area contributed by atoms with Crippen LogP contribution in [0.5, 0.6) is 5.75 Å². The third-order valence-electron chi connectivity index (χ3n) is 5.04. The smallest absolute Gasteiger partial charge is 0.387 e. The Morgan fingerprint density at radius 2 is 1.88 bits per heavy atom. The molecule has 4 rings (SSSR count). The fraction of sp³-hybridized carbons (Fsp3) is 0.208.